The quantitative estimate of drug-likeness (QED) is 0.862. The van der Waals surface area contributed by atoms with Crippen molar-refractivity contribution in [2.24, 2.45) is 0 Å². The number of likely N-dealkylation sites (N-methyl/N-ethyl adjacent to an activating group) is 1. The molecule has 2 heterocycles. The Labute approximate surface area is 165 Å². The number of carbonyl (C=O) groups is 2. The van der Waals surface area contributed by atoms with Gasteiger partial charge in [0, 0.05) is 25.8 Å². The van der Waals surface area contributed by atoms with E-state index in [1.807, 2.05) is 17.0 Å². The predicted octanol–water partition coefficient (Wildman–Crippen LogP) is 3.84. The maximum atomic E-state index is 12.8. The van der Waals surface area contributed by atoms with Gasteiger partial charge in [-0.15, -0.1) is 0 Å². The highest BCUT2D eigenvalue weighted by molar-refractivity contribution is 5.99. The van der Waals surface area contributed by atoms with Crippen LogP contribution in [0.4, 0.5) is 16.2 Å². The lowest BCUT2D eigenvalue weighted by Crippen LogP contribution is -2.36. The Kier molecular flexibility index (Phi) is 5.19. The molecule has 0 saturated carbocycles. The smallest absolute Gasteiger partial charge is 0.321 e. The standard InChI is InChI=1S/C22H25N3O3/c1-24-19-14-18(9-10-20(19)28-15-21(24)26)23-22(27)25-12-5-8-17(11-13-25)16-6-3-2-4-7-16/h2-4,6-7,9-10,14,17H,5,8,11-13,15H2,1H3,(H,23,27). The Hall–Kier alpha value is -3.02. The molecule has 0 radical (unpaired) electrons. The van der Waals surface area contributed by atoms with E-state index in [2.05, 4.69) is 29.6 Å². The van der Waals surface area contributed by atoms with Gasteiger partial charge in [-0.2, -0.15) is 0 Å². The number of hydrogen-bond acceptors (Lipinski definition) is 3. The van der Waals surface area contributed by atoms with Crippen LogP contribution in [0.2, 0.25) is 0 Å². The summed E-state index contributed by atoms with van der Waals surface area (Å²) < 4.78 is 5.44. The Morgan fingerprint density at radius 2 is 1.93 bits per heavy atom. The van der Waals surface area contributed by atoms with E-state index in [1.54, 1.807) is 24.1 Å². The fourth-order valence-corrected chi connectivity index (χ4v) is 3.91. The van der Waals surface area contributed by atoms with Crippen molar-refractivity contribution in [2.45, 2.75) is 25.2 Å². The fraction of sp³-hybridized carbons (Fsp3) is 0.364. The highest BCUT2D eigenvalue weighted by Crippen LogP contribution is 2.34. The molecule has 2 aliphatic rings. The van der Waals surface area contributed by atoms with Gasteiger partial charge in [0.15, 0.2) is 6.61 Å². The monoisotopic (exact) mass is 379 g/mol. The van der Waals surface area contributed by atoms with Gasteiger partial charge < -0.3 is 19.9 Å². The summed E-state index contributed by atoms with van der Waals surface area (Å²) in [5.74, 6) is 1.05. The van der Waals surface area contributed by atoms with Crippen LogP contribution in [0.15, 0.2) is 48.5 Å². The molecule has 0 bridgehead atoms. The van der Waals surface area contributed by atoms with E-state index in [-0.39, 0.29) is 18.5 Å². The molecule has 0 aromatic heterocycles. The highest BCUT2D eigenvalue weighted by atomic mass is 16.5. The second-order valence-corrected chi connectivity index (χ2v) is 7.38. The zero-order valence-corrected chi connectivity index (χ0v) is 16.1. The molecule has 0 spiro atoms. The van der Waals surface area contributed by atoms with Gasteiger partial charge in [0.2, 0.25) is 0 Å². The Bertz CT molecular complexity index is 869. The van der Waals surface area contributed by atoms with Crippen LogP contribution in [0.5, 0.6) is 5.75 Å². The van der Waals surface area contributed by atoms with Gasteiger partial charge in [-0.25, -0.2) is 4.79 Å². The van der Waals surface area contributed by atoms with Crippen LogP contribution in [0, 0.1) is 0 Å². The maximum absolute atomic E-state index is 12.8. The maximum Gasteiger partial charge on any atom is 0.321 e. The van der Waals surface area contributed by atoms with E-state index >= 15 is 0 Å². The zero-order chi connectivity index (χ0) is 19.5. The molecule has 1 atom stereocenters. The minimum Gasteiger partial charge on any atom is -0.482 e. The van der Waals surface area contributed by atoms with Crippen molar-refractivity contribution >= 4 is 23.3 Å². The van der Waals surface area contributed by atoms with Crippen molar-refractivity contribution < 1.29 is 14.3 Å². The third-order valence-electron chi connectivity index (χ3n) is 5.58. The van der Waals surface area contributed by atoms with Crippen LogP contribution in [0.3, 0.4) is 0 Å². The first-order chi connectivity index (χ1) is 13.6. The molecule has 4 rings (SSSR count). The lowest BCUT2D eigenvalue weighted by molar-refractivity contribution is -0.120. The summed E-state index contributed by atoms with van der Waals surface area (Å²) in [5.41, 5.74) is 2.69. The van der Waals surface area contributed by atoms with Gasteiger partial charge in [-0.05, 0) is 48.9 Å². The van der Waals surface area contributed by atoms with Crippen molar-refractivity contribution in [1.82, 2.24) is 4.90 Å². The molecule has 6 heteroatoms. The van der Waals surface area contributed by atoms with E-state index in [0.717, 1.165) is 32.4 Å². The molecule has 146 valence electrons. The SMILES string of the molecule is CN1C(=O)COc2ccc(NC(=O)N3CCCC(c4ccccc4)CC3)cc21. The predicted molar refractivity (Wildman–Crippen MR) is 109 cm³/mol. The molecular formula is C22H25N3O3. The average molecular weight is 379 g/mol. The summed E-state index contributed by atoms with van der Waals surface area (Å²) in [4.78, 5) is 28.1. The van der Waals surface area contributed by atoms with Crippen molar-refractivity contribution in [3.63, 3.8) is 0 Å². The number of nitrogens with zero attached hydrogens (tertiary/aromatic N) is 2. The first-order valence-corrected chi connectivity index (χ1v) is 9.76. The number of carbonyl (C=O) groups excluding carboxylic acids is 2. The number of rotatable bonds is 2. The average Bonchev–Trinajstić information content (AvgIpc) is 2.98. The fourth-order valence-electron chi connectivity index (χ4n) is 3.91. The molecule has 2 aliphatic heterocycles. The van der Waals surface area contributed by atoms with Crippen LogP contribution in [-0.2, 0) is 4.79 Å². The van der Waals surface area contributed by atoms with Gasteiger partial charge >= 0.3 is 6.03 Å². The molecule has 1 unspecified atom stereocenters. The minimum absolute atomic E-state index is 0.0472. The van der Waals surface area contributed by atoms with Gasteiger partial charge in [-0.3, -0.25) is 4.79 Å². The molecular weight excluding hydrogens is 354 g/mol. The molecule has 1 fully saturated rings. The number of ether oxygens (including phenoxy) is 1. The molecule has 28 heavy (non-hydrogen) atoms. The first kappa shape index (κ1) is 18.3. The minimum atomic E-state index is -0.101. The summed E-state index contributed by atoms with van der Waals surface area (Å²) in [7, 11) is 1.72. The number of amides is 3. The Morgan fingerprint density at radius 3 is 2.75 bits per heavy atom. The second-order valence-electron chi connectivity index (χ2n) is 7.38. The lowest BCUT2D eigenvalue weighted by Gasteiger charge is -2.27. The van der Waals surface area contributed by atoms with Crippen LogP contribution in [0.1, 0.15) is 30.7 Å². The van der Waals surface area contributed by atoms with Gasteiger partial charge in [0.1, 0.15) is 5.75 Å². The topological polar surface area (TPSA) is 61.9 Å². The van der Waals surface area contributed by atoms with Crippen molar-refractivity contribution in [3.8, 4) is 5.75 Å². The molecule has 1 N–H and O–H groups in total. The van der Waals surface area contributed by atoms with Crippen LogP contribution in [0.25, 0.3) is 0 Å². The normalized spacial score (nSPS) is 19.5. The molecule has 2 aromatic carbocycles. The number of fused-ring (bicyclic) bond motifs is 1. The number of hydrogen-bond donors (Lipinski definition) is 1. The third kappa shape index (κ3) is 3.81. The lowest BCUT2D eigenvalue weighted by atomic mass is 9.92. The number of anilines is 2. The third-order valence-corrected chi connectivity index (χ3v) is 5.58. The van der Waals surface area contributed by atoms with E-state index < -0.39 is 0 Å². The molecule has 6 nitrogen and oxygen atoms in total. The first-order valence-electron chi connectivity index (χ1n) is 9.76. The number of benzene rings is 2. The Balaban J connectivity index is 1.41. The van der Waals surface area contributed by atoms with Crippen molar-refractivity contribution in [1.29, 1.82) is 0 Å². The second kappa shape index (κ2) is 7.92. The van der Waals surface area contributed by atoms with E-state index in [9.17, 15) is 9.59 Å². The summed E-state index contributed by atoms with van der Waals surface area (Å²) in [5, 5.41) is 2.97. The molecule has 1 saturated heterocycles. The zero-order valence-electron chi connectivity index (χ0n) is 16.1. The van der Waals surface area contributed by atoms with Crippen molar-refractivity contribution in [2.75, 3.05) is 37.0 Å². The number of urea groups is 1. The summed E-state index contributed by atoms with van der Waals surface area (Å²) >= 11 is 0. The van der Waals surface area contributed by atoms with Crippen LogP contribution >= 0.6 is 0 Å². The van der Waals surface area contributed by atoms with Crippen molar-refractivity contribution in [3.05, 3.63) is 54.1 Å². The molecule has 3 amide bonds. The highest BCUT2D eigenvalue weighted by Gasteiger charge is 2.24. The Morgan fingerprint density at radius 1 is 1.11 bits per heavy atom. The molecule has 0 aliphatic carbocycles. The van der Waals surface area contributed by atoms with E-state index in [4.69, 9.17) is 4.74 Å². The van der Waals surface area contributed by atoms with Gasteiger partial charge in [0.05, 0.1) is 5.69 Å². The number of likely N-dealkylation sites (tertiary alicyclic amines) is 1. The largest absolute Gasteiger partial charge is 0.482 e. The van der Waals surface area contributed by atoms with Gasteiger partial charge in [0.25, 0.3) is 5.91 Å². The molecule has 2 aromatic rings. The summed E-state index contributed by atoms with van der Waals surface area (Å²) in [6.45, 7) is 1.53. The van der Waals surface area contributed by atoms with Crippen LogP contribution in [-0.4, -0.2) is 43.6 Å². The van der Waals surface area contributed by atoms with Gasteiger partial charge in [-0.1, -0.05) is 30.3 Å². The summed E-state index contributed by atoms with van der Waals surface area (Å²) in [6.07, 6.45) is 3.05. The van der Waals surface area contributed by atoms with E-state index in [1.165, 1.54) is 5.56 Å². The van der Waals surface area contributed by atoms with E-state index in [0.29, 0.717) is 23.0 Å². The number of nitrogens with one attached hydrogen (secondary N) is 1. The summed E-state index contributed by atoms with van der Waals surface area (Å²) in [6, 6.07) is 15.8. The van der Waals surface area contributed by atoms with Crippen LogP contribution < -0.4 is 15.0 Å².